The molecule has 2 rings (SSSR count). The zero-order valence-electron chi connectivity index (χ0n) is 15.8. The van der Waals surface area contributed by atoms with E-state index in [1.165, 1.54) is 0 Å². The standard InChI is InChI=1S/C20H27NO3S.ClH/c1-5-25-20-13-18(23-3)15(12-19(20)24-4)10-11-21-14-16-8-6-7-9-17(16)22-2;/h6-9,12-13,21H,5,10-11,14H2,1-4H3;1H. The van der Waals surface area contributed by atoms with Crippen LogP contribution in [0.2, 0.25) is 0 Å². The summed E-state index contributed by atoms with van der Waals surface area (Å²) in [5, 5.41) is 3.47. The van der Waals surface area contributed by atoms with E-state index in [1.54, 1.807) is 33.1 Å². The van der Waals surface area contributed by atoms with Crippen molar-refractivity contribution in [3.8, 4) is 17.2 Å². The van der Waals surface area contributed by atoms with Crippen molar-refractivity contribution in [1.29, 1.82) is 0 Å². The second kappa shape index (κ2) is 11.9. The van der Waals surface area contributed by atoms with Gasteiger partial charge in [0.05, 0.1) is 26.2 Å². The van der Waals surface area contributed by atoms with Gasteiger partial charge in [0.2, 0.25) is 0 Å². The molecule has 6 heteroatoms. The van der Waals surface area contributed by atoms with Crippen molar-refractivity contribution in [2.45, 2.75) is 24.8 Å². The largest absolute Gasteiger partial charge is 0.496 e. The maximum atomic E-state index is 5.57. The minimum atomic E-state index is 0. The van der Waals surface area contributed by atoms with E-state index >= 15 is 0 Å². The third kappa shape index (κ3) is 6.01. The molecule has 4 nitrogen and oxygen atoms in total. The summed E-state index contributed by atoms with van der Waals surface area (Å²) in [7, 11) is 5.13. The predicted molar refractivity (Wildman–Crippen MR) is 112 cm³/mol. The lowest BCUT2D eigenvalue weighted by Crippen LogP contribution is -2.17. The second-order valence-corrected chi connectivity index (χ2v) is 6.79. The smallest absolute Gasteiger partial charge is 0.132 e. The van der Waals surface area contributed by atoms with Crippen LogP contribution in [0.25, 0.3) is 0 Å². The molecule has 0 radical (unpaired) electrons. The first-order valence-electron chi connectivity index (χ1n) is 8.43. The number of benzene rings is 2. The summed E-state index contributed by atoms with van der Waals surface area (Å²) in [5.41, 5.74) is 2.30. The van der Waals surface area contributed by atoms with E-state index in [0.717, 1.165) is 58.5 Å². The zero-order valence-corrected chi connectivity index (χ0v) is 17.5. The Kier molecular flexibility index (Phi) is 10.3. The van der Waals surface area contributed by atoms with Crippen molar-refractivity contribution in [1.82, 2.24) is 5.32 Å². The third-order valence-corrected chi connectivity index (χ3v) is 4.86. The first-order valence-corrected chi connectivity index (χ1v) is 9.42. The number of rotatable bonds is 10. The highest BCUT2D eigenvalue weighted by Crippen LogP contribution is 2.35. The Hall–Kier alpha value is -1.56. The molecule has 0 spiro atoms. The summed E-state index contributed by atoms with van der Waals surface area (Å²) < 4.78 is 16.5. The van der Waals surface area contributed by atoms with Gasteiger partial charge < -0.3 is 19.5 Å². The molecule has 0 saturated heterocycles. The lowest BCUT2D eigenvalue weighted by atomic mass is 10.1. The molecular formula is C20H28ClNO3S. The Balaban J connectivity index is 0.00000338. The molecule has 0 amide bonds. The second-order valence-electron chi connectivity index (χ2n) is 5.49. The summed E-state index contributed by atoms with van der Waals surface area (Å²) in [6.07, 6.45) is 0.867. The maximum absolute atomic E-state index is 5.57. The van der Waals surface area contributed by atoms with Crippen LogP contribution in [0.15, 0.2) is 41.3 Å². The van der Waals surface area contributed by atoms with Crippen LogP contribution in [0.1, 0.15) is 18.1 Å². The number of thioether (sulfide) groups is 1. The Morgan fingerprint density at radius 2 is 1.58 bits per heavy atom. The third-order valence-electron chi connectivity index (χ3n) is 3.95. The first kappa shape index (κ1) is 22.5. The van der Waals surface area contributed by atoms with Gasteiger partial charge in [0.1, 0.15) is 17.2 Å². The van der Waals surface area contributed by atoms with Gasteiger partial charge in [-0.25, -0.2) is 0 Å². The molecule has 0 saturated carbocycles. The molecule has 26 heavy (non-hydrogen) atoms. The Morgan fingerprint density at radius 3 is 2.23 bits per heavy atom. The van der Waals surface area contributed by atoms with Gasteiger partial charge in [-0.3, -0.25) is 0 Å². The van der Waals surface area contributed by atoms with Crippen LogP contribution in [0.3, 0.4) is 0 Å². The molecule has 0 aliphatic rings. The highest BCUT2D eigenvalue weighted by Gasteiger charge is 2.11. The van der Waals surface area contributed by atoms with Crippen molar-refractivity contribution >= 4 is 24.2 Å². The fraction of sp³-hybridized carbons (Fsp3) is 0.400. The van der Waals surface area contributed by atoms with Gasteiger partial charge in [-0.15, -0.1) is 24.2 Å². The summed E-state index contributed by atoms with van der Waals surface area (Å²) in [4.78, 5) is 1.12. The van der Waals surface area contributed by atoms with Crippen LogP contribution in [-0.2, 0) is 13.0 Å². The van der Waals surface area contributed by atoms with E-state index in [9.17, 15) is 0 Å². The Bertz CT molecular complexity index is 682. The number of nitrogens with one attached hydrogen (secondary N) is 1. The number of ether oxygens (including phenoxy) is 3. The summed E-state index contributed by atoms with van der Waals surface area (Å²) in [5.74, 6) is 3.73. The van der Waals surface area contributed by atoms with Gasteiger partial charge >= 0.3 is 0 Å². The van der Waals surface area contributed by atoms with Gasteiger partial charge in [0, 0.05) is 12.1 Å². The number of methoxy groups -OCH3 is 3. The molecule has 0 unspecified atom stereocenters. The van der Waals surface area contributed by atoms with Crippen molar-refractivity contribution in [2.75, 3.05) is 33.6 Å². The fourth-order valence-electron chi connectivity index (χ4n) is 2.69. The Morgan fingerprint density at radius 1 is 0.885 bits per heavy atom. The van der Waals surface area contributed by atoms with Crippen molar-refractivity contribution in [2.24, 2.45) is 0 Å². The topological polar surface area (TPSA) is 39.7 Å². The van der Waals surface area contributed by atoms with Crippen molar-refractivity contribution < 1.29 is 14.2 Å². The van der Waals surface area contributed by atoms with E-state index in [1.807, 2.05) is 18.2 Å². The molecule has 2 aromatic rings. The van der Waals surface area contributed by atoms with Gasteiger partial charge in [0.25, 0.3) is 0 Å². The van der Waals surface area contributed by atoms with Crippen LogP contribution < -0.4 is 19.5 Å². The van der Waals surface area contributed by atoms with Crippen LogP contribution in [0.5, 0.6) is 17.2 Å². The molecule has 144 valence electrons. The van der Waals surface area contributed by atoms with Gasteiger partial charge in [-0.05, 0) is 42.5 Å². The monoisotopic (exact) mass is 397 g/mol. The average Bonchev–Trinajstić information content (AvgIpc) is 2.66. The SMILES string of the molecule is CCSc1cc(OC)c(CCNCc2ccccc2OC)cc1OC.Cl. The molecule has 0 heterocycles. The average molecular weight is 398 g/mol. The van der Waals surface area contributed by atoms with E-state index in [2.05, 4.69) is 30.4 Å². The number of para-hydroxylation sites is 1. The molecule has 1 N–H and O–H groups in total. The molecule has 0 aliphatic carbocycles. The highest BCUT2D eigenvalue weighted by atomic mass is 35.5. The fourth-order valence-corrected chi connectivity index (χ4v) is 3.48. The summed E-state index contributed by atoms with van der Waals surface area (Å²) in [6, 6.07) is 12.2. The van der Waals surface area contributed by atoms with E-state index in [0.29, 0.717) is 0 Å². The summed E-state index contributed by atoms with van der Waals surface area (Å²) in [6.45, 7) is 3.75. The molecule has 0 fully saturated rings. The minimum absolute atomic E-state index is 0. The van der Waals surface area contributed by atoms with Crippen molar-refractivity contribution in [3.63, 3.8) is 0 Å². The highest BCUT2D eigenvalue weighted by molar-refractivity contribution is 7.99. The molecule has 2 aromatic carbocycles. The number of hydrogen-bond acceptors (Lipinski definition) is 5. The normalized spacial score (nSPS) is 10.2. The molecule has 0 bridgehead atoms. The quantitative estimate of drug-likeness (QED) is 0.469. The first-order chi connectivity index (χ1) is 12.2. The van der Waals surface area contributed by atoms with Gasteiger partial charge in [0.15, 0.2) is 0 Å². The Labute approximate surface area is 167 Å². The number of halogens is 1. The van der Waals surface area contributed by atoms with E-state index < -0.39 is 0 Å². The van der Waals surface area contributed by atoms with Gasteiger partial charge in [-0.1, -0.05) is 25.1 Å². The molecule has 0 aliphatic heterocycles. The number of hydrogen-bond donors (Lipinski definition) is 1. The molecular weight excluding hydrogens is 370 g/mol. The van der Waals surface area contributed by atoms with Crippen LogP contribution in [0, 0.1) is 0 Å². The lowest BCUT2D eigenvalue weighted by Gasteiger charge is -2.15. The van der Waals surface area contributed by atoms with Crippen LogP contribution >= 0.6 is 24.2 Å². The molecule has 0 atom stereocenters. The zero-order chi connectivity index (χ0) is 18.1. The van der Waals surface area contributed by atoms with Crippen LogP contribution in [-0.4, -0.2) is 33.6 Å². The van der Waals surface area contributed by atoms with E-state index in [4.69, 9.17) is 14.2 Å². The molecule has 0 aromatic heterocycles. The maximum Gasteiger partial charge on any atom is 0.132 e. The summed E-state index contributed by atoms with van der Waals surface area (Å²) >= 11 is 1.76. The van der Waals surface area contributed by atoms with Gasteiger partial charge in [-0.2, -0.15) is 0 Å². The predicted octanol–water partition coefficient (Wildman–Crippen LogP) is 4.58. The lowest BCUT2D eigenvalue weighted by molar-refractivity contribution is 0.390. The minimum Gasteiger partial charge on any atom is -0.496 e. The van der Waals surface area contributed by atoms with Crippen LogP contribution in [0.4, 0.5) is 0 Å². The van der Waals surface area contributed by atoms with E-state index in [-0.39, 0.29) is 12.4 Å². The van der Waals surface area contributed by atoms with Crippen molar-refractivity contribution in [3.05, 3.63) is 47.5 Å².